The summed E-state index contributed by atoms with van der Waals surface area (Å²) in [4.78, 5) is 0. The first-order valence-electron chi connectivity index (χ1n) is 0.983. The van der Waals surface area contributed by atoms with Crippen LogP contribution in [0, 0.1) is 0 Å². The fraction of sp³-hybridized carbons (Fsp3) is 0. The Morgan fingerprint density at radius 2 is 2.40 bits per heavy atom. The second-order valence-electron chi connectivity index (χ2n) is 0.167. The molecular formula is CHKOS2. The van der Waals surface area contributed by atoms with Gasteiger partial charge in [0.25, 0.3) is 0 Å². The fourth-order valence-electron chi connectivity index (χ4n) is 0. The quantitative estimate of drug-likeness (QED) is 0.176. The molecule has 0 heterocycles. The molecule has 0 aliphatic carbocycles. The summed E-state index contributed by atoms with van der Waals surface area (Å²) in [6, 6.07) is 0. The maximum Gasteiger partial charge on any atom is 1.00 e. The van der Waals surface area contributed by atoms with Crippen molar-refractivity contribution in [1.82, 2.24) is 0 Å². The molecule has 4 heteroatoms. The van der Waals surface area contributed by atoms with E-state index in [1.165, 1.54) is 0 Å². The van der Waals surface area contributed by atoms with E-state index in [0.717, 1.165) is 0 Å². The minimum atomic E-state index is -1.76. The third kappa shape index (κ3) is 10.7. The minimum Gasteiger partial charge on any atom is -0.338 e. The second-order valence-corrected chi connectivity index (χ2v) is 1.000. The zero-order valence-electron chi connectivity index (χ0n) is 3.72. The van der Waals surface area contributed by atoms with Gasteiger partial charge in [-0.1, -0.05) is 0 Å². The molecule has 0 aromatic heterocycles. The Morgan fingerprint density at radius 3 is 2.40 bits per heavy atom. The first-order valence-corrected chi connectivity index (χ1v) is 1.72. The van der Waals surface area contributed by atoms with Gasteiger partial charge in [-0.15, -0.1) is 11.6 Å². The Bertz CT molecular complexity index is 64.6. The summed E-state index contributed by atoms with van der Waals surface area (Å²) in [5.41, 5.74) is 0. The molecule has 0 aromatic carbocycles. The molecule has 1 nitrogen and oxygen atoms in total. The Labute approximate surface area is 83.5 Å². The number of hydrogen-bond donors (Lipinski definition) is 1. The summed E-state index contributed by atoms with van der Waals surface area (Å²) in [5.74, 6) is 0. The molecule has 0 saturated heterocycles. The van der Waals surface area contributed by atoms with E-state index in [1.807, 2.05) is 0 Å². The van der Waals surface area contributed by atoms with E-state index < -0.39 is 11.6 Å². The molecule has 0 saturated carbocycles. The normalized spacial score (nSPS) is 14.0. The molecule has 0 radical (unpaired) electrons. The SMILES string of the molecule is [3H]S(=O)[C-]=S.[K+]. The number of thiol groups is 1. The van der Waals surface area contributed by atoms with Gasteiger partial charge in [-0.25, -0.2) is 0 Å². The monoisotopic (exact) mass is 134 g/mol. The van der Waals surface area contributed by atoms with E-state index >= 15 is 0 Å². The minimum absolute atomic E-state index is 0. The van der Waals surface area contributed by atoms with E-state index in [0.29, 0.717) is 0 Å². The van der Waals surface area contributed by atoms with Crippen molar-refractivity contribution in [1.29, 1.82) is 1.12 Å². The van der Waals surface area contributed by atoms with E-state index in [9.17, 15) is 4.21 Å². The number of thiocarbonyl (C=S) groups is 1. The van der Waals surface area contributed by atoms with Crippen LogP contribution >= 0.6 is 12.2 Å². The maximum absolute atomic E-state index is 9.38. The van der Waals surface area contributed by atoms with E-state index in [2.05, 4.69) is 12.2 Å². The molecule has 0 aromatic rings. The molecular weight excluding hydrogens is 131 g/mol. The Hall–Kier alpha value is 1.88. The molecule has 0 rings (SSSR count). The van der Waals surface area contributed by atoms with Gasteiger partial charge in [-0.3, -0.25) is 4.21 Å². The second kappa shape index (κ2) is 9.30. The van der Waals surface area contributed by atoms with Crippen molar-refractivity contribution in [3.8, 4) is 0 Å². The van der Waals surface area contributed by atoms with Crippen LogP contribution < -0.4 is 51.4 Å². The largest absolute Gasteiger partial charge is 1.00 e. The van der Waals surface area contributed by atoms with Crippen LogP contribution in [0.3, 0.4) is 0 Å². The van der Waals surface area contributed by atoms with Crippen LogP contribution in [0.4, 0.5) is 0 Å². The molecule has 0 aliphatic rings. The number of hydrogen-bond acceptors (Lipinski definition) is 2. The van der Waals surface area contributed by atoms with E-state index in [1.54, 1.807) is 4.70 Å². The first kappa shape index (κ1) is 6.88. The molecule has 0 amide bonds. The molecule has 0 spiro atoms. The van der Waals surface area contributed by atoms with Crippen LogP contribution in [-0.4, -0.2) is 10.0 Å². The van der Waals surface area contributed by atoms with Crippen LogP contribution in [-0.2, 0) is 11.6 Å². The third-order valence-electron chi connectivity index (χ3n) is 0.0340. The Morgan fingerprint density at radius 1 is 2.20 bits per heavy atom. The molecule has 1 atom stereocenters. The van der Waals surface area contributed by atoms with E-state index in [4.69, 9.17) is 1.12 Å². The summed E-state index contributed by atoms with van der Waals surface area (Å²) in [5, 5.41) is 0. The predicted octanol–water partition coefficient (Wildman–Crippen LogP) is -3.23. The van der Waals surface area contributed by atoms with Crippen LogP contribution in [0.1, 0.15) is 0 Å². The standard InChI is InChI=1S/CHOS2.K/c2-4-1-3;/h4H;/q-1;+1/i4T;. The average Bonchev–Trinajstić information content (AvgIpc) is 1.38. The summed E-state index contributed by atoms with van der Waals surface area (Å²) < 4.78 is 17.2. The predicted molar refractivity (Wildman–Crippen MR) is 22.1 cm³/mol. The van der Waals surface area contributed by atoms with E-state index in [-0.39, 0.29) is 51.4 Å². The van der Waals surface area contributed by atoms with Crippen molar-refractivity contribution in [2.75, 3.05) is 0 Å². The zero-order valence-corrected chi connectivity index (χ0v) is 7.48. The van der Waals surface area contributed by atoms with Crippen molar-refractivity contribution in [3.05, 3.63) is 0 Å². The Balaban J connectivity index is 0. The van der Waals surface area contributed by atoms with Crippen molar-refractivity contribution < 1.29 is 55.6 Å². The van der Waals surface area contributed by atoms with Gasteiger partial charge in [0.05, 0.1) is 0 Å². The molecule has 0 fully saturated rings. The van der Waals surface area contributed by atoms with Crippen molar-refractivity contribution in [3.63, 3.8) is 0 Å². The van der Waals surface area contributed by atoms with Gasteiger partial charge in [0.1, 0.15) is 1.12 Å². The fourth-order valence-corrected chi connectivity index (χ4v) is 0. The smallest absolute Gasteiger partial charge is 0.338 e. The summed E-state index contributed by atoms with van der Waals surface area (Å²) in [7, 11) is 0. The molecule has 0 N–H and O–H groups in total. The molecule has 0 bridgehead atoms. The molecule has 1 unspecified atom stereocenters. The molecule has 24 valence electrons. The van der Waals surface area contributed by atoms with Gasteiger partial charge in [0.2, 0.25) is 0 Å². The summed E-state index contributed by atoms with van der Waals surface area (Å²) in [6.07, 6.45) is 0. The van der Waals surface area contributed by atoms with Gasteiger partial charge >= 0.3 is 51.4 Å². The van der Waals surface area contributed by atoms with Crippen LogP contribution in [0.2, 0.25) is 0 Å². The topological polar surface area (TPSA) is 17.1 Å². The molecule has 0 aliphatic heterocycles. The third-order valence-corrected chi connectivity index (χ3v) is 0.306. The first-order chi connectivity index (χ1) is 2.27. The van der Waals surface area contributed by atoms with Gasteiger partial charge < -0.3 is 16.9 Å². The van der Waals surface area contributed by atoms with Gasteiger partial charge in [-0.05, 0) is 0 Å². The summed E-state index contributed by atoms with van der Waals surface area (Å²) >= 11 is 2.18. The molecule has 5 heavy (non-hydrogen) atoms. The van der Waals surface area contributed by atoms with Gasteiger partial charge in [-0.2, -0.15) is 0 Å². The van der Waals surface area contributed by atoms with Gasteiger partial charge in [0.15, 0.2) is 0 Å². The maximum atomic E-state index is 9.38. The summed E-state index contributed by atoms with van der Waals surface area (Å²) in [6.45, 7) is 0. The zero-order chi connectivity index (χ0) is 4.28. The van der Waals surface area contributed by atoms with Crippen LogP contribution in [0.25, 0.3) is 0 Å². The van der Waals surface area contributed by atoms with Crippen LogP contribution in [0.5, 0.6) is 0 Å². The van der Waals surface area contributed by atoms with Crippen molar-refractivity contribution >= 4 is 28.5 Å². The van der Waals surface area contributed by atoms with Gasteiger partial charge in [0, 0.05) is 0 Å². The number of rotatable bonds is 1. The van der Waals surface area contributed by atoms with Crippen molar-refractivity contribution in [2.24, 2.45) is 0 Å². The van der Waals surface area contributed by atoms with Crippen molar-refractivity contribution in [2.45, 2.75) is 0 Å². The Kier molecular flexibility index (Phi) is 12.8. The van der Waals surface area contributed by atoms with Crippen LogP contribution in [0.15, 0.2) is 0 Å². The average molecular weight is 134 g/mol.